The van der Waals surface area contributed by atoms with E-state index in [0.717, 1.165) is 25.5 Å². The van der Waals surface area contributed by atoms with E-state index >= 15 is 0 Å². The summed E-state index contributed by atoms with van der Waals surface area (Å²) >= 11 is 1.59. The van der Waals surface area contributed by atoms with Crippen LogP contribution in [0, 0.1) is 5.92 Å². The summed E-state index contributed by atoms with van der Waals surface area (Å²) in [6, 6.07) is 8.47. The Bertz CT molecular complexity index is 508. The summed E-state index contributed by atoms with van der Waals surface area (Å²) in [5.74, 6) is 1.79. The minimum Gasteiger partial charge on any atom is -0.355 e. The molecule has 2 aromatic rings. The monoisotopic (exact) mass is 247 g/mol. The molecule has 2 N–H and O–H groups in total. The number of nitrogens with zero attached hydrogens (tertiary/aromatic N) is 2. The summed E-state index contributed by atoms with van der Waals surface area (Å²) in [4.78, 5) is 2.40. The van der Waals surface area contributed by atoms with Crippen molar-refractivity contribution in [2.75, 3.05) is 24.5 Å². The number of nitrogens with two attached hydrogens (primary N) is 1. The normalized spacial score (nSPS) is 21.0. The third-order valence-corrected chi connectivity index (χ3v) is 4.33. The van der Waals surface area contributed by atoms with E-state index < -0.39 is 0 Å². The largest absolute Gasteiger partial charge is 0.355 e. The van der Waals surface area contributed by atoms with Gasteiger partial charge in [-0.3, -0.25) is 0 Å². The van der Waals surface area contributed by atoms with Crippen molar-refractivity contribution in [3.05, 3.63) is 24.3 Å². The van der Waals surface area contributed by atoms with Gasteiger partial charge >= 0.3 is 0 Å². The number of benzene rings is 1. The molecule has 0 bridgehead atoms. The molecule has 0 saturated carbocycles. The van der Waals surface area contributed by atoms with Gasteiger partial charge in [0.1, 0.15) is 5.82 Å². The first-order valence-corrected chi connectivity index (χ1v) is 6.95. The lowest BCUT2D eigenvalue weighted by atomic mass is 9.98. The molecular weight excluding hydrogens is 230 g/mol. The Balaban J connectivity index is 1.92. The molecular formula is C13H17N3S. The number of fused-ring (bicyclic) bond motifs is 1. The Labute approximate surface area is 105 Å². The van der Waals surface area contributed by atoms with Gasteiger partial charge in [0.15, 0.2) is 0 Å². The van der Waals surface area contributed by atoms with Crippen LogP contribution in [0.25, 0.3) is 10.1 Å². The van der Waals surface area contributed by atoms with E-state index in [1.165, 1.54) is 22.9 Å². The van der Waals surface area contributed by atoms with Gasteiger partial charge in [-0.05, 0) is 49.0 Å². The Morgan fingerprint density at radius 3 is 3.18 bits per heavy atom. The number of hydrogen-bond acceptors (Lipinski definition) is 4. The van der Waals surface area contributed by atoms with E-state index in [1.54, 1.807) is 11.5 Å². The number of anilines is 1. The van der Waals surface area contributed by atoms with Crippen LogP contribution in [0.15, 0.2) is 24.3 Å². The zero-order chi connectivity index (χ0) is 11.7. The van der Waals surface area contributed by atoms with Crippen LogP contribution in [0.1, 0.15) is 12.8 Å². The van der Waals surface area contributed by atoms with Gasteiger partial charge in [-0.15, -0.1) is 0 Å². The molecule has 1 fully saturated rings. The lowest BCUT2D eigenvalue weighted by Crippen LogP contribution is -2.38. The zero-order valence-electron chi connectivity index (χ0n) is 9.80. The lowest BCUT2D eigenvalue weighted by molar-refractivity contribution is 0.423. The van der Waals surface area contributed by atoms with Gasteiger partial charge in [-0.2, -0.15) is 4.37 Å². The van der Waals surface area contributed by atoms with Gasteiger partial charge in [0.2, 0.25) is 0 Å². The molecule has 0 radical (unpaired) electrons. The van der Waals surface area contributed by atoms with Crippen molar-refractivity contribution in [1.29, 1.82) is 0 Å². The van der Waals surface area contributed by atoms with E-state index in [0.29, 0.717) is 5.92 Å². The van der Waals surface area contributed by atoms with E-state index in [-0.39, 0.29) is 0 Å². The van der Waals surface area contributed by atoms with Crippen molar-refractivity contribution >= 4 is 27.4 Å². The number of hydrogen-bond donors (Lipinski definition) is 1. The van der Waals surface area contributed by atoms with Crippen LogP contribution in [-0.2, 0) is 0 Å². The van der Waals surface area contributed by atoms with Gasteiger partial charge < -0.3 is 10.6 Å². The fourth-order valence-corrected chi connectivity index (χ4v) is 3.35. The Morgan fingerprint density at radius 1 is 1.41 bits per heavy atom. The standard InChI is InChI=1S/C13H17N3S/c14-8-10-4-3-7-16(9-10)13-11-5-1-2-6-12(11)17-15-13/h1-2,5-6,10H,3-4,7-9,14H2. The highest BCUT2D eigenvalue weighted by atomic mass is 32.1. The molecule has 1 aliphatic heterocycles. The molecule has 1 unspecified atom stereocenters. The van der Waals surface area contributed by atoms with Crippen molar-refractivity contribution in [3.63, 3.8) is 0 Å². The van der Waals surface area contributed by atoms with E-state index in [1.807, 2.05) is 0 Å². The Kier molecular flexibility index (Phi) is 2.99. The maximum Gasteiger partial charge on any atom is 0.150 e. The topological polar surface area (TPSA) is 42.1 Å². The van der Waals surface area contributed by atoms with Crippen LogP contribution in [0.2, 0.25) is 0 Å². The molecule has 1 atom stereocenters. The second-order valence-corrected chi connectivity index (χ2v) is 5.50. The van der Waals surface area contributed by atoms with Gasteiger partial charge in [0.05, 0.1) is 4.70 Å². The summed E-state index contributed by atoms with van der Waals surface area (Å²) in [6.45, 7) is 2.97. The van der Waals surface area contributed by atoms with Crippen molar-refractivity contribution in [1.82, 2.24) is 4.37 Å². The molecule has 3 rings (SSSR count). The van der Waals surface area contributed by atoms with Gasteiger partial charge in [0, 0.05) is 18.5 Å². The third-order valence-electron chi connectivity index (χ3n) is 3.51. The maximum absolute atomic E-state index is 5.79. The molecule has 1 aromatic heterocycles. The first kappa shape index (κ1) is 11.0. The van der Waals surface area contributed by atoms with Crippen LogP contribution in [0.3, 0.4) is 0 Å². The molecule has 0 amide bonds. The minimum atomic E-state index is 0.629. The Morgan fingerprint density at radius 2 is 2.29 bits per heavy atom. The summed E-state index contributed by atoms with van der Waals surface area (Å²) in [5.41, 5.74) is 5.79. The van der Waals surface area contributed by atoms with Gasteiger partial charge in [-0.1, -0.05) is 12.1 Å². The van der Waals surface area contributed by atoms with Crippen LogP contribution in [-0.4, -0.2) is 24.0 Å². The molecule has 0 aliphatic carbocycles. The lowest BCUT2D eigenvalue weighted by Gasteiger charge is -2.32. The first-order chi connectivity index (χ1) is 8.38. The highest BCUT2D eigenvalue weighted by molar-refractivity contribution is 7.13. The van der Waals surface area contributed by atoms with Crippen LogP contribution >= 0.6 is 11.5 Å². The van der Waals surface area contributed by atoms with Crippen molar-refractivity contribution in [2.45, 2.75) is 12.8 Å². The van der Waals surface area contributed by atoms with Gasteiger partial charge in [0.25, 0.3) is 0 Å². The van der Waals surface area contributed by atoms with Crippen LogP contribution in [0.5, 0.6) is 0 Å². The highest BCUT2D eigenvalue weighted by Crippen LogP contribution is 2.31. The van der Waals surface area contributed by atoms with Crippen LogP contribution in [0.4, 0.5) is 5.82 Å². The molecule has 1 aliphatic rings. The van der Waals surface area contributed by atoms with E-state index in [9.17, 15) is 0 Å². The van der Waals surface area contributed by atoms with E-state index in [2.05, 4.69) is 33.5 Å². The predicted molar refractivity (Wildman–Crippen MR) is 73.6 cm³/mol. The predicted octanol–water partition coefficient (Wildman–Crippen LogP) is 2.47. The second-order valence-electron chi connectivity index (χ2n) is 4.69. The molecule has 90 valence electrons. The van der Waals surface area contributed by atoms with Crippen molar-refractivity contribution in [3.8, 4) is 0 Å². The molecule has 4 heteroatoms. The second kappa shape index (κ2) is 4.63. The molecule has 0 spiro atoms. The molecule has 2 heterocycles. The number of aromatic nitrogens is 1. The number of piperidine rings is 1. The highest BCUT2D eigenvalue weighted by Gasteiger charge is 2.21. The summed E-state index contributed by atoms with van der Waals surface area (Å²) < 4.78 is 5.89. The van der Waals surface area contributed by atoms with Crippen LogP contribution < -0.4 is 10.6 Å². The smallest absolute Gasteiger partial charge is 0.150 e. The third kappa shape index (κ3) is 2.03. The maximum atomic E-state index is 5.79. The zero-order valence-corrected chi connectivity index (χ0v) is 10.6. The fraction of sp³-hybridized carbons (Fsp3) is 0.462. The number of rotatable bonds is 2. The average Bonchev–Trinajstić information content (AvgIpc) is 2.82. The SMILES string of the molecule is NCC1CCCN(c2nsc3ccccc23)C1. The molecule has 17 heavy (non-hydrogen) atoms. The quantitative estimate of drug-likeness (QED) is 0.886. The fourth-order valence-electron chi connectivity index (χ4n) is 2.55. The summed E-state index contributed by atoms with van der Waals surface area (Å²) in [7, 11) is 0. The molecule has 3 nitrogen and oxygen atoms in total. The Hall–Kier alpha value is -1.13. The summed E-state index contributed by atoms with van der Waals surface area (Å²) in [5, 5.41) is 1.29. The summed E-state index contributed by atoms with van der Waals surface area (Å²) in [6.07, 6.45) is 2.49. The average molecular weight is 247 g/mol. The van der Waals surface area contributed by atoms with Gasteiger partial charge in [-0.25, -0.2) is 0 Å². The van der Waals surface area contributed by atoms with E-state index in [4.69, 9.17) is 5.73 Å². The minimum absolute atomic E-state index is 0.629. The first-order valence-electron chi connectivity index (χ1n) is 6.18. The molecule has 1 saturated heterocycles. The van der Waals surface area contributed by atoms with Crippen molar-refractivity contribution in [2.24, 2.45) is 11.7 Å². The molecule has 1 aromatic carbocycles. The van der Waals surface area contributed by atoms with Crippen molar-refractivity contribution < 1.29 is 0 Å².